The molecule has 3 heteroatoms. The van der Waals surface area contributed by atoms with Gasteiger partial charge in [0.1, 0.15) is 0 Å². The van der Waals surface area contributed by atoms with Crippen molar-refractivity contribution in [3.63, 3.8) is 0 Å². The Morgan fingerprint density at radius 1 is 1.46 bits per heavy atom. The quantitative estimate of drug-likeness (QED) is 0.299. The summed E-state index contributed by atoms with van der Waals surface area (Å²) in [5, 5.41) is 0. The molecule has 78 valence electrons. The third-order valence-corrected chi connectivity index (χ3v) is 5.55. The Labute approximate surface area is 97.2 Å². The fraction of sp³-hybridized carbons (Fsp3) is 0.800. The normalized spacial score (nSPS) is 11.7. The molecule has 0 fully saturated rings. The molecule has 0 aromatic heterocycles. The maximum Gasteiger partial charge on any atom is 0.187 e. The lowest BCUT2D eigenvalue weighted by atomic mass is 10.4. The molecule has 0 saturated carbocycles. The summed E-state index contributed by atoms with van der Waals surface area (Å²) < 4.78 is 6.93. The van der Waals surface area contributed by atoms with Crippen LogP contribution >= 0.6 is 22.6 Å². The maximum atomic E-state index is 5.92. The molecule has 0 aliphatic rings. The summed E-state index contributed by atoms with van der Waals surface area (Å²) in [7, 11) is -1.37. The van der Waals surface area contributed by atoms with E-state index in [-0.39, 0.29) is 0 Å². The van der Waals surface area contributed by atoms with Crippen LogP contribution in [0.2, 0.25) is 19.1 Å². The van der Waals surface area contributed by atoms with E-state index in [2.05, 4.69) is 49.2 Å². The molecule has 13 heavy (non-hydrogen) atoms. The predicted molar refractivity (Wildman–Crippen MR) is 71.2 cm³/mol. The molecule has 0 saturated heterocycles. The molecule has 0 bridgehead atoms. The van der Waals surface area contributed by atoms with E-state index in [4.69, 9.17) is 4.43 Å². The second kappa shape index (κ2) is 7.01. The maximum absolute atomic E-state index is 5.92. The molecule has 0 aromatic carbocycles. The Morgan fingerprint density at radius 3 is 2.54 bits per heavy atom. The van der Waals surface area contributed by atoms with Crippen LogP contribution in [-0.4, -0.2) is 19.4 Å². The molecule has 0 N–H and O–H groups in total. The van der Waals surface area contributed by atoms with Gasteiger partial charge < -0.3 is 4.43 Å². The monoisotopic (exact) mass is 312 g/mol. The van der Waals surface area contributed by atoms with E-state index in [1.165, 1.54) is 24.5 Å². The zero-order valence-corrected chi connectivity index (χ0v) is 12.2. The van der Waals surface area contributed by atoms with Crippen molar-refractivity contribution < 1.29 is 4.43 Å². The number of unbranched alkanes of at least 4 members (excludes halogenated alkanes) is 1. The Kier molecular flexibility index (Phi) is 7.36. The molecule has 0 aliphatic heterocycles. The first-order chi connectivity index (χ1) is 6.02. The van der Waals surface area contributed by atoms with E-state index in [1.54, 1.807) is 0 Å². The van der Waals surface area contributed by atoms with E-state index in [1.807, 2.05) is 0 Å². The second-order valence-electron chi connectivity index (χ2n) is 4.04. The van der Waals surface area contributed by atoms with Crippen LogP contribution in [-0.2, 0) is 4.43 Å². The second-order valence-corrected chi connectivity index (χ2v) is 9.11. The van der Waals surface area contributed by atoms with Gasteiger partial charge in [-0.15, -0.1) is 0 Å². The molecular formula is C10H21IOSi. The van der Waals surface area contributed by atoms with Crippen LogP contribution in [0.25, 0.3) is 0 Å². The van der Waals surface area contributed by atoms with E-state index in [9.17, 15) is 0 Å². The summed E-state index contributed by atoms with van der Waals surface area (Å²) in [5.74, 6) is 0. The fourth-order valence-corrected chi connectivity index (χ4v) is 3.18. The fourth-order valence-electron chi connectivity index (χ4n) is 1.01. The average Bonchev–Trinajstić information content (AvgIpc) is 2.11. The Bertz CT molecular complexity index is 157. The van der Waals surface area contributed by atoms with Gasteiger partial charge in [-0.2, -0.15) is 0 Å². The minimum absolute atomic E-state index is 0.770. The van der Waals surface area contributed by atoms with Crippen LogP contribution in [0.4, 0.5) is 0 Å². The van der Waals surface area contributed by atoms with Crippen molar-refractivity contribution in [2.24, 2.45) is 0 Å². The van der Waals surface area contributed by atoms with Gasteiger partial charge in [0.2, 0.25) is 0 Å². The highest BCUT2D eigenvalue weighted by molar-refractivity contribution is 14.1. The average molecular weight is 312 g/mol. The highest BCUT2D eigenvalue weighted by Crippen LogP contribution is 2.16. The van der Waals surface area contributed by atoms with Crippen LogP contribution in [0.5, 0.6) is 0 Å². The zero-order valence-electron chi connectivity index (χ0n) is 9.03. The number of hydrogen-bond donors (Lipinski definition) is 0. The minimum Gasteiger partial charge on any atom is -0.413 e. The molecule has 0 amide bonds. The first-order valence-electron chi connectivity index (χ1n) is 4.88. The number of rotatable bonds is 7. The summed E-state index contributed by atoms with van der Waals surface area (Å²) >= 11 is 2.33. The van der Waals surface area contributed by atoms with Gasteiger partial charge in [0.25, 0.3) is 0 Å². The highest BCUT2D eigenvalue weighted by Gasteiger charge is 2.21. The largest absolute Gasteiger partial charge is 0.413 e. The van der Waals surface area contributed by atoms with Crippen molar-refractivity contribution >= 4 is 30.9 Å². The Hall–Kier alpha value is 0.647. The zero-order chi connectivity index (χ0) is 10.3. The molecule has 0 rings (SSSR count). The van der Waals surface area contributed by atoms with Gasteiger partial charge >= 0.3 is 0 Å². The third-order valence-electron chi connectivity index (χ3n) is 1.99. The van der Waals surface area contributed by atoms with Crippen LogP contribution in [0.15, 0.2) is 12.2 Å². The number of hydrogen-bond acceptors (Lipinski definition) is 1. The van der Waals surface area contributed by atoms with Crippen molar-refractivity contribution in [1.29, 1.82) is 0 Å². The smallest absolute Gasteiger partial charge is 0.187 e. The molecule has 0 atom stereocenters. The standard InChI is InChI=1S/C10H21IOSi/c1-5-6-7-13(3,4)12-9-10(2)8-11/h2,5-9H2,1,3-4H3. The minimum atomic E-state index is -1.37. The number of alkyl halides is 1. The molecule has 0 aromatic rings. The van der Waals surface area contributed by atoms with Crippen LogP contribution < -0.4 is 0 Å². The van der Waals surface area contributed by atoms with Crippen molar-refractivity contribution in [3.8, 4) is 0 Å². The van der Waals surface area contributed by atoms with Gasteiger partial charge in [-0.05, 0) is 24.7 Å². The van der Waals surface area contributed by atoms with E-state index in [0.29, 0.717) is 0 Å². The van der Waals surface area contributed by atoms with Gasteiger partial charge in [0.15, 0.2) is 8.32 Å². The first-order valence-corrected chi connectivity index (χ1v) is 9.52. The summed E-state index contributed by atoms with van der Waals surface area (Å²) in [4.78, 5) is 0. The van der Waals surface area contributed by atoms with Crippen molar-refractivity contribution in [2.75, 3.05) is 11.0 Å². The molecule has 0 spiro atoms. The van der Waals surface area contributed by atoms with Gasteiger partial charge in [-0.25, -0.2) is 0 Å². The molecule has 0 unspecified atom stereocenters. The van der Waals surface area contributed by atoms with Gasteiger partial charge in [-0.1, -0.05) is 48.9 Å². The Morgan fingerprint density at radius 2 is 2.08 bits per heavy atom. The number of halogens is 1. The van der Waals surface area contributed by atoms with E-state index < -0.39 is 8.32 Å². The van der Waals surface area contributed by atoms with E-state index >= 15 is 0 Å². The van der Waals surface area contributed by atoms with Gasteiger partial charge in [0.05, 0.1) is 6.61 Å². The third kappa shape index (κ3) is 7.70. The lowest BCUT2D eigenvalue weighted by Crippen LogP contribution is -2.30. The van der Waals surface area contributed by atoms with Crippen molar-refractivity contribution in [2.45, 2.75) is 38.9 Å². The highest BCUT2D eigenvalue weighted by atomic mass is 127. The summed E-state index contributed by atoms with van der Waals surface area (Å²) in [5.41, 5.74) is 1.21. The first kappa shape index (κ1) is 13.6. The van der Waals surface area contributed by atoms with Crippen LogP contribution in [0, 0.1) is 0 Å². The lowest BCUT2D eigenvalue weighted by Gasteiger charge is -2.22. The van der Waals surface area contributed by atoms with E-state index in [0.717, 1.165) is 11.0 Å². The SMILES string of the molecule is C=C(CI)CO[Si](C)(C)CCCC. The summed E-state index contributed by atoms with van der Waals surface area (Å²) in [6, 6.07) is 1.28. The molecule has 0 heterocycles. The topological polar surface area (TPSA) is 9.23 Å². The Balaban J connectivity index is 3.67. The molecule has 0 radical (unpaired) electrons. The van der Waals surface area contributed by atoms with Gasteiger partial charge in [0, 0.05) is 4.43 Å². The lowest BCUT2D eigenvalue weighted by molar-refractivity contribution is 0.341. The van der Waals surface area contributed by atoms with Crippen molar-refractivity contribution in [1.82, 2.24) is 0 Å². The molecular weight excluding hydrogens is 291 g/mol. The molecule has 0 aliphatic carbocycles. The van der Waals surface area contributed by atoms with Crippen molar-refractivity contribution in [3.05, 3.63) is 12.2 Å². The van der Waals surface area contributed by atoms with Crippen LogP contribution in [0.1, 0.15) is 19.8 Å². The summed E-state index contributed by atoms with van der Waals surface area (Å²) in [6.07, 6.45) is 2.57. The predicted octanol–water partition coefficient (Wildman–Crippen LogP) is 4.00. The summed E-state index contributed by atoms with van der Waals surface area (Å²) in [6.45, 7) is 11.5. The van der Waals surface area contributed by atoms with Crippen LogP contribution in [0.3, 0.4) is 0 Å². The van der Waals surface area contributed by atoms with Gasteiger partial charge in [-0.3, -0.25) is 0 Å². The molecule has 1 nitrogen and oxygen atoms in total.